The first-order chi connectivity index (χ1) is 5.22. The summed E-state index contributed by atoms with van der Waals surface area (Å²) < 4.78 is 1.73. The van der Waals surface area contributed by atoms with E-state index in [1.54, 1.807) is 11.0 Å². The van der Waals surface area contributed by atoms with Crippen LogP contribution in [0.25, 0.3) is 0 Å². The summed E-state index contributed by atoms with van der Waals surface area (Å²) in [4.78, 5) is 3.97. The molecule has 0 aliphatic rings. The second-order valence-electron chi connectivity index (χ2n) is 2.52. The number of nitrogens with zero attached hydrogens (tertiary/aromatic N) is 3. The molecule has 0 radical (unpaired) electrons. The largest absolute Gasteiger partial charge is 0.324 e. The maximum atomic E-state index is 5.33. The van der Waals surface area contributed by atoms with Crippen molar-refractivity contribution in [1.29, 1.82) is 0 Å². The molecule has 4 heteroatoms. The van der Waals surface area contributed by atoms with Crippen molar-refractivity contribution in [1.82, 2.24) is 14.8 Å². The summed E-state index contributed by atoms with van der Waals surface area (Å²) in [5.41, 5.74) is 6.39. The number of hydrogen-bond acceptors (Lipinski definition) is 3. The molecule has 11 heavy (non-hydrogen) atoms. The van der Waals surface area contributed by atoms with Gasteiger partial charge in [0.25, 0.3) is 0 Å². The van der Waals surface area contributed by atoms with Gasteiger partial charge in [-0.3, -0.25) is 0 Å². The monoisotopic (exact) mass is 152 g/mol. The molecule has 0 spiro atoms. The zero-order valence-corrected chi connectivity index (χ0v) is 6.62. The van der Waals surface area contributed by atoms with Crippen molar-refractivity contribution in [2.45, 2.75) is 20.0 Å². The first-order valence-electron chi connectivity index (χ1n) is 3.45. The van der Waals surface area contributed by atoms with Crippen LogP contribution in [0.1, 0.15) is 12.7 Å². The molecule has 2 N–H and O–H groups in total. The molecule has 1 aromatic heterocycles. The Morgan fingerprint density at radius 3 is 3.00 bits per heavy atom. The van der Waals surface area contributed by atoms with Crippen LogP contribution in [0.2, 0.25) is 0 Å². The average Bonchev–Trinajstić information content (AvgIpc) is 2.34. The fourth-order valence-electron chi connectivity index (χ4n) is 0.779. The molecule has 1 rings (SSSR count). The van der Waals surface area contributed by atoms with Gasteiger partial charge in [0, 0.05) is 0 Å². The summed E-state index contributed by atoms with van der Waals surface area (Å²) in [5, 5.41) is 4.09. The number of nitrogens with two attached hydrogens (primary N) is 1. The fourth-order valence-corrected chi connectivity index (χ4v) is 0.779. The van der Waals surface area contributed by atoms with Crippen LogP contribution in [0.4, 0.5) is 0 Å². The molecule has 0 fully saturated rings. The summed E-state index contributed by atoms with van der Waals surface area (Å²) in [7, 11) is 0. The minimum atomic E-state index is 0.392. The minimum Gasteiger partial charge on any atom is -0.324 e. The first-order valence-corrected chi connectivity index (χ1v) is 3.45. The van der Waals surface area contributed by atoms with Gasteiger partial charge in [-0.1, -0.05) is 12.2 Å². The summed E-state index contributed by atoms with van der Waals surface area (Å²) in [5.74, 6) is 0.672. The fraction of sp³-hybridized carbons (Fsp3) is 0.429. The number of hydrogen-bond donors (Lipinski definition) is 1. The van der Waals surface area contributed by atoms with Crippen LogP contribution in [0.15, 0.2) is 18.5 Å². The summed E-state index contributed by atoms with van der Waals surface area (Å²) >= 11 is 0. The van der Waals surface area contributed by atoms with Gasteiger partial charge in [0.1, 0.15) is 6.33 Å². The molecule has 0 saturated heterocycles. The lowest BCUT2D eigenvalue weighted by molar-refractivity contribution is 0.664. The van der Waals surface area contributed by atoms with Crippen molar-refractivity contribution in [3.05, 3.63) is 24.3 Å². The highest BCUT2D eigenvalue weighted by atomic mass is 15.3. The minimum absolute atomic E-state index is 0.392. The van der Waals surface area contributed by atoms with E-state index in [1.165, 1.54) is 0 Å². The standard InChI is InChI=1S/C7H12N4/c1-6(2)4-11-5-9-7(3-8)10-11/h5H,1,3-4,8H2,2H3. The second kappa shape index (κ2) is 3.30. The molecule has 0 atom stereocenters. The van der Waals surface area contributed by atoms with E-state index in [4.69, 9.17) is 5.73 Å². The predicted octanol–water partition coefficient (Wildman–Crippen LogP) is 0.313. The molecular weight excluding hydrogens is 140 g/mol. The van der Waals surface area contributed by atoms with Crippen molar-refractivity contribution >= 4 is 0 Å². The van der Waals surface area contributed by atoms with Gasteiger partial charge in [-0.2, -0.15) is 5.10 Å². The number of aromatic nitrogens is 3. The Bertz CT molecular complexity index is 251. The number of allylic oxidation sites excluding steroid dienone is 1. The Hall–Kier alpha value is -1.16. The van der Waals surface area contributed by atoms with Gasteiger partial charge in [0.2, 0.25) is 0 Å². The third-order valence-electron chi connectivity index (χ3n) is 1.20. The zero-order valence-electron chi connectivity index (χ0n) is 6.62. The zero-order chi connectivity index (χ0) is 8.27. The highest BCUT2D eigenvalue weighted by molar-refractivity contribution is 4.89. The van der Waals surface area contributed by atoms with Crippen LogP contribution in [-0.4, -0.2) is 14.8 Å². The van der Waals surface area contributed by atoms with Crippen molar-refractivity contribution in [3.8, 4) is 0 Å². The summed E-state index contributed by atoms with van der Waals surface area (Å²) in [6.07, 6.45) is 1.66. The van der Waals surface area contributed by atoms with Crippen LogP contribution in [0, 0.1) is 0 Å². The van der Waals surface area contributed by atoms with Gasteiger partial charge in [-0.15, -0.1) is 0 Å². The van der Waals surface area contributed by atoms with Crippen molar-refractivity contribution < 1.29 is 0 Å². The van der Waals surface area contributed by atoms with Gasteiger partial charge in [0.15, 0.2) is 5.82 Å². The van der Waals surface area contributed by atoms with Crippen LogP contribution in [-0.2, 0) is 13.1 Å². The third kappa shape index (κ3) is 2.16. The van der Waals surface area contributed by atoms with Gasteiger partial charge in [-0.25, -0.2) is 9.67 Å². The Balaban J connectivity index is 2.65. The lowest BCUT2D eigenvalue weighted by atomic mass is 10.4. The average molecular weight is 152 g/mol. The second-order valence-corrected chi connectivity index (χ2v) is 2.52. The third-order valence-corrected chi connectivity index (χ3v) is 1.20. The van der Waals surface area contributed by atoms with E-state index in [-0.39, 0.29) is 0 Å². The molecule has 1 heterocycles. The molecule has 0 bridgehead atoms. The quantitative estimate of drug-likeness (QED) is 0.634. The molecule has 0 aliphatic heterocycles. The SMILES string of the molecule is C=C(C)Cn1cnc(CN)n1. The van der Waals surface area contributed by atoms with E-state index in [0.29, 0.717) is 18.9 Å². The molecule has 4 nitrogen and oxygen atoms in total. The summed E-state index contributed by atoms with van der Waals surface area (Å²) in [6, 6.07) is 0. The van der Waals surface area contributed by atoms with Crippen LogP contribution in [0.5, 0.6) is 0 Å². The first kappa shape index (κ1) is 7.94. The topological polar surface area (TPSA) is 56.7 Å². The molecule has 1 aromatic rings. The predicted molar refractivity (Wildman–Crippen MR) is 42.7 cm³/mol. The smallest absolute Gasteiger partial charge is 0.164 e. The van der Waals surface area contributed by atoms with Gasteiger partial charge in [0.05, 0.1) is 13.1 Å². The van der Waals surface area contributed by atoms with E-state index in [1.807, 2.05) is 6.92 Å². The number of rotatable bonds is 3. The lowest BCUT2D eigenvalue weighted by Gasteiger charge is -1.96. The van der Waals surface area contributed by atoms with Gasteiger partial charge in [-0.05, 0) is 6.92 Å². The van der Waals surface area contributed by atoms with E-state index in [9.17, 15) is 0 Å². The van der Waals surface area contributed by atoms with E-state index >= 15 is 0 Å². The van der Waals surface area contributed by atoms with Crippen LogP contribution >= 0.6 is 0 Å². The Morgan fingerprint density at radius 2 is 2.55 bits per heavy atom. The van der Waals surface area contributed by atoms with Gasteiger partial charge >= 0.3 is 0 Å². The van der Waals surface area contributed by atoms with Crippen molar-refractivity contribution in [2.75, 3.05) is 0 Å². The van der Waals surface area contributed by atoms with Gasteiger partial charge < -0.3 is 5.73 Å². The Labute approximate surface area is 65.7 Å². The molecule has 0 saturated carbocycles. The van der Waals surface area contributed by atoms with Crippen LogP contribution in [0.3, 0.4) is 0 Å². The maximum Gasteiger partial charge on any atom is 0.164 e. The molecular formula is C7H12N4. The normalized spacial score (nSPS) is 10.0. The van der Waals surface area contributed by atoms with Crippen molar-refractivity contribution in [3.63, 3.8) is 0 Å². The van der Waals surface area contributed by atoms with E-state index in [2.05, 4.69) is 16.7 Å². The molecule has 0 amide bonds. The van der Waals surface area contributed by atoms with E-state index in [0.717, 1.165) is 5.57 Å². The highest BCUT2D eigenvalue weighted by Gasteiger charge is 1.96. The maximum absolute atomic E-state index is 5.33. The highest BCUT2D eigenvalue weighted by Crippen LogP contribution is 1.93. The van der Waals surface area contributed by atoms with Crippen LogP contribution < -0.4 is 5.73 Å². The molecule has 60 valence electrons. The van der Waals surface area contributed by atoms with E-state index < -0.39 is 0 Å². The lowest BCUT2D eigenvalue weighted by Crippen LogP contribution is -2.02. The molecule has 0 aromatic carbocycles. The molecule has 0 aliphatic carbocycles. The Kier molecular flexibility index (Phi) is 2.38. The Morgan fingerprint density at radius 1 is 1.82 bits per heavy atom. The molecule has 0 unspecified atom stereocenters. The summed E-state index contributed by atoms with van der Waals surface area (Å²) in [6.45, 7) is 6.82. The van der Waals surface area contributed by atoms with Crippen molar-refractivity contribution in [2.24, 2.45) is 5.73 Å².